The molecular weight excluding hydrogens is 258 g/mol. The Labute approximate surface area is 131 Å². The minimum Gasteiger partial charge on any atom is -0.396 e. The second-order valence-corrected chi connectivity index (χ2v) is 7.06. The molecule has 2 nitrogen and oxygen atoms in total. The summed E-state index contributed by atoms with van der Waals surface area (Å²) in [5.74, 6) is 0. The highest BCUT2D eigenvalue weighted by atomic mass is 16.3. The standard InChI is InChI=1S/C19H33NO/c1-5-6-8-13-17(16-11-9-7-10-12-16)20-18(14-15-21)19(2,3)4/h7,9-12,17-18,20-21H,5-6,8,13-15H2,1-4H3. The summed E-state index contributed by atoms with van der Waals surface area (Å²) in [7, 11) is 0. The first kappa shape index (κ1) is 18.2. The van der Waals surface area contributed by atoms with Crippen LogP contribution in [0.1, 0.15) is 71.4 Å². The Morgan fingerprint density at radius 2 is 1.71 bits per heavy atom. The molecule has 1 aromatic rings. The van der Waals surface area contributed by atoms with Crippen LogP contribution in [-0.4, -0.2) is 17.8 Å². The molecule has 2 heteroatoms. The summed E-state index contributed by atoms with van der Waals surface area (Å²) in [6.45, 7) is 9.22. The third-order valence-corrected chi connectivity index (χ3v) is 4.16. The zero-order valence-corrected chi connectivity index (χ0v) is 14.2. The Kier molecular flexibility index (Phi) is 7.98. The van der Waals surface area contributed by atoms with Gasteiger partial charge in [-0.25, -0.2) is 0 Å². The molecule has 21 heavy (non-hydrogen) atoms. The van der Waals surface area contributed by atoms with Crippen molar-refractivity contribution in [3.63, 3.8) is 0 Å². The van der Waals surface area contributed by atoms with Crippen LogP contribution in [-0.2, 0) is 0 Å². The van der Waals surface area contributed by atoms with E-state index in [1.165, 1.54) is 24.8 Å². The summed E-state index contributed by atoms with van der Waals surface area (Å²) in [4.78, 5) is 0. The SMILES string of the molecule is CCCCCC(NC(CCO)C(C)(C)C)c1ccccc1. The fraction of sp³-hybridized carbons (Fsp3) is 0.684. The topological polar surface area (TPSA) is 32.3 Å². The minimum atomic E-state index is 0.153. The molecule has 0 aliphatic heterocycles. The van der Waals surface area contributed by atoms with Gasteiger partial charge in [-0.05, 0) is 23.8 Å². The summed E-state index contributed by atoms with van der Waals surface area (Å²) < 4.78 is 0. The molecule has 0 aliphatic rings. The van der Waals surface area contributed by atoms with Gasteiger partial charge in [0.1, 0.15) is 0 Å². The van der Waals surface area contributed by atoms with Crippen molar-refractivity contribution in [3.8, 4) is 0 Å². The summed E-state index contributed by atoms with van der Waals surface area (Å²) in [5.41, 5.74) is 1.52. The van der Waals surface area contributed by atoms with E-state index in [-0.39, 0.29) is 12.0 Å². The van der Waals surface area contributed by atoms with Gasteiger partial charge in [0.05, 0.1) is 0 Å². The molecule has 2 atom stereocenters. The van der Waals surface area contributed by atoms with E-state index >= 15 is 0 Å². The van der Waals surface area contributed by atoms with E-state index in [1.807, 2.05) is 0 Å². The summed E-state index contributed by atoms with van der Waals surface area (Å²) in [6.07, 6.45) is 5.75. The predicted octanol–water partition coefficient (Wildman–Crippen LogP) is 4.69. The van der Waals surface area contributed by atoms with Gasteiger partial charge in [0.2, 0.25) is 0 Å². The first-order valence-electron chi connectivity index (χ1n) is 8.41. The molecule has 0 saturated carbocycles. The van der Waals surface area contributed by atoms with Crippen molar-refractivity contribution in [2.24, 2.45) is 5.41 Å². The van der Waals surface area contributed by atoms with E-state index in [2.05, 4.69) is 63.3 Å². The molecule has 0 saturated heterocycles. The fourth-order valence-corrected chi connectivity index (χ4v) is 2.77. The van der Waals surface area contributed by atoms with Gasteiger partial charge >= 0.3 is 0 Å². The molecule has 120 valence electrons. The lowest BCUT2D eigenvalue weighted by molar-refractivity contribution is 0.182. The second kappa shape index (κ2) is 9.22. The molecule has 2 unspecified atom stereocenters. The van der Waals surface area contributed by atoms with Crippen LogP contribution in [0.2, 0.25) is 0 Å². The number of aliphatic hydroxyl groups excluding tert-OH is 1. The van der Waals surface area contributed by atoms with Gasteiger partial charge in [0.15, 0.2) is 0 Å². The highest BCUT2D eigenvalue weighted by Gasteiger charge is 2.26. The van der Waals surface area contributed by atoms with Crippen molar-refractivity contribution in [1.29, 1.82) is 0 Å². The number of unbranched alkanes of at least 4 members (excludes halogenated alkanes) is 2. The minimum absolute atomic E-state index is 0.153. The Balaban J connectivity index is 2.80. The van der Waals surface area contributed by atoms with Crippen LogP contribution in [0.5, 0.6) is 0 Å². The van der Waals surface area contributed by atoms with E-state index in [4.69, 9.17) is 0 Å². The van der Waals surface area contributed by atoms with E-state index in [9.17, 15) is 5.11 Å². The summed E-state index contributed by atoms with van der Waals surface area (Å²) in [5, 5.41) is 13.2. The van der Waals surface area contributed by atoms with E-state index in [0.29, 0.717) is 12.1 Å². The maximum Gasteiger partial charge on any atom is 0.0446 e. The number of aliphatic hydroxyl groups is 1. The van der Waals surface area contributed by atoms with Crippen molar-refractivity contribution in [1.82, 2.24) is 5.32 Å². The zero-order chi connectivity index (χ0) is 15.7. The van der Waals surface area contributed by atoms with Crippen LogP contribution >= 0.6 is 0 Å². The first-order valence-corrected chi connectivity index (χ1v) is 8.41. The molecule has 0 aromatic heterocycles. The highest BCUT2D eigenvalue weighted by molar-refractivity contribution is 5.19. The number of rotatable bonds is 9. The molecular formula is C19H33NO. The van der Waals surface area contributed by atoms with E-state index in [0.717, 1.165) is 12.8 Å². The van der Waals surface area contributed by atoms with Crippen molar-refractivity contribution in [2.45, 2.75) is 71.9 Å². The molecule has 1 aromatic carbocycles. The zero-order valence-electron chi connectivity index (χ0n) is 14.2. The first-order chi connectivity index (χ1) is 9.99. The van der Waals surface area contributed by atoms with Crippen LogP contribution in [0.15, 0.2) is 30.3 Å². The average molecular weight is 291 g/mol. The Morgan fingerprint density at radius 1 is 1.05 bits per heavy atom. The van der Waals surface area contributed by atoms with Gasteiger partial charge in [-0.1, -0.05) is 77.3 Å². The average Bonchev–Trinajstić information content (AvgIpc) is 2.45. The molecule has 0 amide bonds. The van der Waals surface area contributed by atoms with Crippen LogP contribution in [0.25, 0.3) is 0 Å². The summed E-state index contributed by atoms with van der Waals surface area (Å²) >= 11 is 0. The normalized spacial score (nSPS) is 14.9. The molecule has 0 radical (unpaired) electrons. The van der Waals surface area contributed by atoms with E-state index < -0.39 is 0 Å². The van der Waals surface area contributed by atoms with E-state index in [1.54, 1.807) is 0 Å². The lowest BCUT2D eigenvalue weighted by Crippen LogP contribution is -2.43. The fourth-order valence-electron chi connectivity index (χ4n) is 2.77. The lowest BCUT2D eigenvalue weighted by atomic mass is 9.83. The number of benzene rings is 1. The Bertz CT molecular complexity index is 369. The van der Waals surface area contributed by atoms with Crippen LogP contribution in [0.4, 0.5) is 0 Å². The van der Waals surface area contributed by atoms with Crippen molar-refractivity contribution in [3.05, 3.63) is 35.9 Å². The third kappa shape index (κ3) is 6.62. The van der Waals surface area contributed by atoms with Gasteiger partial charge in [0.25, 0.3) is 0 Å². The lowest BCUT2D eigenvalue weighted by Gasteiger charge is -2.35. The van der Waals surface area contributed by atoms with Crippen LogP contribution in [0.3, 0.4) is 0 Å². The second-order valence-electron chi connectivity index (χ2n) is 7.06. The number of hydrogen-bond acceptors (Lipinski definition) is 2. The molecule has 1 rings (SSSR count). The highest BCUT2D eigenvalue weighted by Crippen LogP contribution is 2.27. The van der Waals surface area contributed by atoms with Crippen molar-refractivity contribution >= 4 is 0 Å². The third-order valence-electron chi connectivity index (χ3n) is 4.16. The van der Waals surface area contributed by atoms with Crippen molar-refractivity contribution in [2.75, 3.05) is 6.61 Å². The predicted molar refractivity (Wildman–Crippen MR) is 91.4 cm³/mol. The monoisotopic (exact) mass is 291 g/mol. The number of nitrogens with one attached hydrogen (secondary N) is 1. The molecule has 0 spiro atoms. The van der Waals surface area contributed by atoms with Gasteiger partial charge in [-0.3, -0.25) is 0 Å². The largest absolute Gasteiger partial charge is 0.396 e. The molecule has 0 bridgehead atoms. The molecule has 0 aliphatic carbocycles. The molecule has 2 N–H and O–H groups in total. The summed E-state index contributed by atoms with van der Waals surface area (Å²) in [6, 6.07) is 11.4. The number of hydrogen-bond donors (Lipinski definition) is 2. The Hall–Kier alpha value is -0.860. The van der Waals surface area contributed by atoms with Gasteiger partial charge in [-0.2, -0.15) is 0 Å². The maximum atomic E-state index is 9.36. The van der Waals surface area contributed by atoms with Crippen LogP contribution in [0, 0.1) is 5.41 Å². The van der Waals surface area contributed by atoms with Gasteiger partial charge in [-0.15, -0.1) is 0 Å². The molecule has 0 heterocycles. The van der Waals surface area contributed by atoms with Gasteiger partial charge < -0.3 is 10.4 Å². The molecule has 0 fully saturated rings. The van der Waals surface area contributed by atoms with Crippen molar-refractivity contribution < 1.29 is 5.11 Å². The maximum absolute atomic E-state index is 9.36. The quantitative estimate of drug-likeness (QED) is 0.647. The Morgan fingerprint density at radius 3 is 2.24 bits per heavy atom. The van der Waals surface area contributed by atoms with Gasteiger partial charge in [0, 0.05) is 18.7 Å². The smallest absolute Gasteiger partial charge is 0.0446 e. The van der Waals surface area contributed by atoms with Crippen LogP contribution < -0.4 is 5.32 Å².